The van der Waals surface area contributed by atoms with Gasteiger partial charge < -0.3 is 14.7 Å². The van der Waals surface area contributed by atoms with E-state index in [1.54, 1.807) is 0 Å². The highest BCUT2D eigenvalue weighted by molar-refractivity contribution is 7.00. The first-order valence-electron chi connectivity index (χ1n) is 32.3. The van der Waals surface area contributed by atoms with Gasteiger partial charge >= 0.3 is 0 Å². The topological polar surface area (TPSA) is 9.72 Å². The fourth-order valence-electron chi connectivity index (χ4n) is 17.3. The molecule has 0 fully saturated rings. The van der Waals surface area contributed by atoms with Crippen LogP contribution < -0.4 is 31.1 Å². The molecule has 0 amide bonds. The third kappa shape index (κ3) is 8.17. The van der Waals surface area contributed by atoms with Gasteiger partial charge in [0.25, 0.3) is 6.71 Å². The molecule has 0 saturated carbocycles. The van der Waals surface area contributed by atoms with Crippen molar-refractivity contribution in [1.29, 1.82) is 0 Å². The molecule has 4 heteroatoms. The van der Waals surface area contributed by atoms with Crippen LogP contribution in [0, 0.1) is 13.8 Å². The normalized spacial score (nSPS) is 19.8. The molecule has 3 nitrogen and oxygen atoms in total. The van der Waals surface area contributed by atoms with Gasteiger partial charge in [0.1, 0.15) is 0 Å². The highest BCUT2D eigenvalue weighted by Crippen LogP contribution is 2.60. The molecule has 0 atom stereocenters. The average molecular weight is 1120 g/mol. The lowest BCUT2D eigenvalue weighted by Crippen LogP contribution is -2.62. The van der Waals surface area contributed by atoms with E-state index in [2.05, 4.69) is 286 Å². The van der Waals surface area contributed by atoms with Crippen molar-refractivity contribution in [2.75, 3.05) is 14.7 Å². The van der Waals surface area contributed by atoms with Crippen molar-refractivity contribution in [2.45, 2.75) is 213 Å². The smallest absolute Gasteiger partial charge is 0.252 e. The van der Waals surface area contributed by atoms with Crippen molar-refractivity contribution in [1.82, 2.24) is 0 Å². The third-order valence-electron chi connectivity index (χ3n) is 22.8. The lowest BCUT2D eigenvalue weighted by molar-refractivity contribution is 0.332. The lowest BCUT2D eigenvalue weighted by Gasteiger charge is -2.50. The van der Waals surface area contributed by atoms with Crippen molar-refractivity contribution in [3.05, 3.63) is 201 Å². The number of benzene rings is 8. The van der Waals surface area contributed by atoms with Gasteiger partial charge in [0.05, 0.1) is 11.4 Å². The molecule has 8 aromatic rings. The Kier molecular flexibility index (Phi) is 12.0. The molecule has 14 rings (SSSR count). The average Bonchev–Trinajstić information content (AvgIpc) is 1.36. The maximum absolute atomic E-state index is 2.83. The van der Waals surface area contributed by atoms with Crippen LogP contribution in [0.3, 0.4) is 0 Å². The van der Waals surface area contributed by atoms with Crippen molar-refractivity contribution >= 4 is 74.3 Å². The summed E-state index contributed by atoms with van der Waals surface area (Å²) >= 11 is 0. The Morgan fingerprint density at radius 2 is 0.824 bits per heavy atom. The fourth-order valence-corrected chi connectivity index (χ4v) is 17.3. The quantitative estimate of drug-likeness (QED) is 0.159. The van der Waals surface area contributed by atoms with Crippen LogP contribution in [-0.4, -0.2) is 6.71 Å². The van der Waals surface area contributed by atoms with E-state index in [0.717, 1.165) is 37.8 Å². The van der Waals surface area contributed by atoms with E-state index in [0.29, 0.717) is 0 Å². The summed E-state index contributed by atoms with van der Waals surface area (Å²) in [6.07, 6.45) is 6.93. The fraction of sp³-hybridized carbons (Fsp3) is 0.407. The van der Waals surface area contributed by atoms with Crippen LogP contribution in [-0.2, 0) is 43.3 Å². The Labute approximate surface area is 511 Å². The zero-order valence-corrected chi connectivity index (χ0v) is 54.9. The lowest BCUT2D eigenvalue weighted by atomic mass is 9.32. The van der Waals surface area contributed by atoms with E-state index in [4.69, 9.17) is 0 Å². The first kappa shape index (κ1) is 56.1. The molecule has 0 aromatic heterocycles. The number of nitrogens with zero attached hydrogens (tertiary/aromatic N) is 3. The van der Waals surface area contributed by atoms with Gasteiger partial charge in [-0.3, -0.25) is 0 Å². The first-order valence-corrected chi connectivity index (χ1v) is 32.3. The maximum Gasteiger partial charge on any atom is 0.252 e. The summed E-state index contributed by atoms with van der Waals surface area (Å²) in [7, 11) is 0. The van der Waals surface area contributed by atoms with Gasteiger partial charge in [0.2, 0.25) is 0 Å². The molecule has 434 valence electrons. The minimum atomic E-state index is -0.238. The summed E-state index contributed by atoms with van der Waals surface area (Å²) in [6, 6.07) is 56.3. The largest absolute Gasteiger partial charge is 0.311 e. The van der Waals surface area contributed by atoms with Gasteiger partial charge in [0, 0.05) is 45.2 Å². The maximum atomic E-state index is 2.83. The third-order valence-corrected chi connectivity index (χ3v) is 22.8. The van der Waals surface area contributed by atoms with E-state index in [1.165, 1.54) is 141 Å². The number of hydrogen-bond acceptors (Lipinski definition) is 3. The Morgan fingerprint density at radius 3 is 1.33 bits per heavy atom. The van der Waals surface area contributed by atoms with Crippen LogP contribution in [0.1, 0.15) is 217 Å². The summed E-state index contributed by atoms with van der Waals surface area (Å²) in [4.78, 5) is 8.20. The predicted octanol–water partition coefficient (Wildman–Crippen LogP) is 20.5. The van der Waals surface area contributed by atoms with Crippen molar-refractivity contribution in [3.8, 4) is 11.1 Å². The van der Waals surface area contributed by atoms with Crippen molar-refractivity contribution < 1.29 is 0 Å². The van der Waals surface area contributed by atoms with E-state index >= 15 is 0 Å². The van der Waals surface area contributed by atoms with Crippen molar-refractivity contribution in [2.24, 2.45) is 0 Å². The van der Waals surface area contributed by atoms with Crippen molar-refractivity contribution in [3.63, 3.8) is 0 Å². The molecule has 0 unspecified atom stereocenters. The molecule has 0 radical (unpaired) electrons. The molecule has 0 saturated heterocycles. The monoisotopic (exact) mass is 1120 g/mol. The minimum absolute atomic E-state index is 0.00248. The van der Waals surface area contributed by atoms with E-state index in [1.807, 2.05) is 0 Å². The second kappa shape index (κ2) is 18.2. The highest BCUT2D eigenvalue weighted by atomic mass is 15.2. The molecule has 85 heavy (non-hydrogen) atoms. The minimum Gasteiger partial charge on any atom is -0.311 e. The Hall–Kier alpha value is -6.78. The number of para-hydroxylation sites is 2. The molecule has 8 aromatic carbocycles. The number of hydrogen-bond donors (Lipinski definition) is 0. The Bertz CT molecular complexity index is 4100. The molecule has 0 bridgehead atoms. The van der Waals surface area contributed by atoms with Crippen LogP contribution in [0.4, 0.5) is 51.2 Å². The Morgan fingerprint density at radius 1 is 0.388 bits per heavy atom. The zero-order valence-electron chi connectivity index (χ0n) is 54.9. The van der Waals surface area contributed by atoms with Gasteiger partial charge in [-0.15, -0.1) is 0 Å². The van der Waals surface area contributed by atoms with Gasteiger partial charge in [-0.05, 0) is 234 Å². The molecular weight excluding hydrogens is 1030 g/mol. The zero-order chi connectivity index (χ0) is 60.2. The van der Waals surface area contributed by atoms with Crippen LogP contribution in [0.15, 0.2) is 140 Å². The van der Waals surface area contributed by atoms with Crippen LogP contribution in [0.2, 0.25) is 0 Å². The standard InChI is InChI=1S/C81H92BN3/c1-49-26-20-24-30-64(49)84(65-31-25-21-27-50(65)2)52-43-69-73-70(44-52)85(66-35-33-54-53-28-22-23-29-55(53)81(18,19)71(54)72(66)74(3,4)5)68-48-61-59(78(12,13)39-41-80(61,16)17)46-63(68)82(73)62-45-58-60(79(14,15)40-38-77(58,10)11)47-67(62)83(69)51-32-34-56-57(42-51)76(8,9)37-36-75(56,6)7/h20-35,42-48H,36-41H2,1-19H3. The SMILES string of the molecule is Cc1ccccc1N(c1cc2c3c(c1)N(c1ccc4c(c1C(C)(C)C)C(C)(C)c1ccccc1-4)c1cc4c(cc1B3c1cc3c(cc1N2c1ccc2c(c1)C(C)(C)CCC2(C)C)C(C)(C)CCC3(C)C)C(C)(C)CCC4(C)C)c1ccccc1C. The summed E-state index contributed by atoms with van der Waals surface area (Å²) in [5, 5.41) is 0. The number of anilines is 9. The molecule has 2 aliphatic heterocycles. The highest BCUT2D eigenvalue weighted by Gasteiger charge is 2.51. The second-order valence-electron chi connectivity index (χ2n) is 32.7. The molecule has 2 heterocycles. The van der Waals surface area contributed by atoms with Gasteiger partial charge in [-0.25, -0.2) is 0 Å². The number of rotatable bonds is 5. The van der Waals surface area contributed by atoms with Crippen LogP contribution >= 0.6 is 0 Å². The van der Waals surface area contributed by atoms with Gasteiger partial charge in [-0.2, -0.15) is 0 Å². The Balaban J connectivity index is 1.20. The van der Waals surface area contributed by atoms with E-state index in [9.17, 15) is 0 Å². The molecule has 0 spiro atoms. The predicted molar refractivity (Wildman–Crippen MR) is 367 cm³/mol. The molecular formula is C81H92BN3. The van der Waals surface area contributed by atoms with Gasteiger partial charge in [0.15, 0.2) is 0 Å². The molecule has 6 aliphatic rings. The van der Waals surface area contributed by atoms with Gasteiger partial charge in [-0.1, -0.05) is 203 Å². The van der Waals surface area contributed by atoms with Crippen LogP contribution in [0.5, 0.6) is 0 Å². The number of fused-ring (bicyclic) bond motifs is 10. The first-order chi connectivity index (χ1) is 39.8. The van der Waals surface area contributed by atoms with E-state index < -0.39 is 0 Å². The number of aryl methyl sites for hydroxylation is 2. The molecule has 4 aliphatic carbocycles. The van der Waals surface area contributed by atoms with Crippen LogP contribution in [0.25, 0.3) is 11.1 Å². The summed E-state index contributed by atoms with van der Waals surface area (Å²) < 4.78 is 0. The summed E-state index contributed by atoms with van der Waals surface area (Å²) in [5.74, 6) is 0. The second-order valence-corrected chi connectivity index (χ2v) is 32.7. The van der Waals surface area contributed by atoms with E-state index in [-0.39, 0.29) is 50.0 Å². The molecule has 0 N–H and O–H groups in total. The summed E-state index contributed by atoms with van der Waals surface area (Å²) in [6.45, 7) is 47.1. The summed E-state index contributed by atoms with van der Waals surface area (Å²) in [5.41, 5.74) is 33.5.